The summed E-state index contributed by atoms with van der Waals surface area (Å²) in [6, 6.07) is 14.8. The molecule has 1 heterocycles. The molecule has 0 aliphatic carbocycles. The summed E-state index contributed by atoms with van der Waals surface area (Å²) in [5.74, 6) is 0.912. The van der Waals surface area contributed by atoms with E-state index in [2.05, 4.69) is 96.4 Å². The molecule has 1 N–H and O–H groups in total. The predicted octanol–water partition coefficient (Wildman–Crippen LogP) is 3.63. The molecule has 1 aromatic carbocycles. The first-order valence-electron chi connectivity index (χ1n) is 8.01. The predicted molar refractivity (Wildman–Crippen MR) is 113 cm³/mol. The molecule has 132 valence electrons. The number of rotatable bonds is 5. The Hall–Kier alpha value is -1.50. The van der Waals surface area contributed by atoms with Gasteiger partial charge in [-0.1, -0.05) is 44.2 Å². The van der Waals surface area contributed by atoms with Crippen molar-refractivity contribution >= 4 is 29.9 Å². The first-order valence-corrected chi connectivity index (χ1v) is 8.01. The molecule has 2 aromatic rings. The molecule has 0 amide bonds. The first kappa shape index (κ1) is 20.5. The molecule has 24 heavy (non-hydrogen) atoms. The van der Waals surface area contributed by atoms with Gasteiger partial charge in [0.1, 0.15) is 0 Å². The fourth-order valence-electron chi connectivity index (χ4n) is 2.65. The van der Waals surface area contributed by atoms with Crippen LogP contribution in [0, 0.1) is 0 Å². The smallest absolute Gasteiger partial charge is 0.193 e. The zero-order chi connectivity index (χ0) is 16.9. The molecule has 5 heteroatoms. The molecule has 0 radical (unpaired) electrons. The summed E-state index contributed by atoms with van der Waals surface area (Å²) in [7, 11) is 5.97. The summed E-state index contributed by atoms with van der Waals surface area (Å²) >= 11 is 0. The summed E-state index contributed by atoms with van der Waals surface area (Å²) < 4.78 is 2.14. The monoisotopic (exact) mass is 440 g/mol. The van der Waals surface area contributed by atoms with Crippen molar-refractivity contribution in [2.24, 2.45) is 12.0 Å². The van der Waals surface area contributed by atoms with Crippen LogP contribution >= 0.6 is 24.0 Å². The highest BCUT2D eigenvalue weighted by molar-refractivity contribution is 14.0. The first-order chi connectivity index (χ1) is 10.9. The minimum Gasteiger partial charge on any atom is -0.355 e. The lowest BCUT2D eigenvalue weighted by molar-refractivity contribution is 0.440. The van der Waals surface area contributed by atoms with Gasteiger partial charge in [-0.2, -0.15) is 0 Å². The van der Waals surface area contributed by atoms with Gasteiger partial charge in [0.25, 0.3) is 0 Å². The zero-order valence-corrected chi connectivity index (χ0v) is 17.6. The maximum Gasteiger partial charge on any atom is 0.193 e. The van der Waals surface area contributed by atoms with Crippen LogP contribution in [0.5, 0.6) is 0 Å². The van der Waals surface area contributed by atoms with E-state index in [1.165, 1.54) is 11.3 Å². The summed E-state index contributed by atoms with van der Waals surface area (Å²) in [6.07, 6.45) is 2.07. The van der Waals surface area contributed by atoms with Crippen LogP contribution in [0.25, 0.3) is 0 Å². The van der Waals surface area contributed by atoms with Crippen molar-refractivity contribution in [3.05, 3.63) is 59.9 Å². The van der Waals surface area contributed by atoms with Crippen LogP contribution in [0.4, 0.5) is 0 Å². The van der Waals surface area contributed by atoms with Crippen LogP contribution < -0.4 is 5.32 Å². The minimum absolute atomic E-state index is 0. The molecule has 0 bridgehead atoms. The van der Waals surface area contributed by atoms with Gasteiger partial charge in [-0.15, -0.1) is 24.0 Å². The third kappa shape index (κ3) is 5.26. The van der Waals surface area contributed by atoms with Crippen LogP contribution in [0.3, 0.4) is 0 Å². The highest BCUT2D eigenvalue weighted by atomic mass is 127. The maximum absolute atomic E-state index is 4.42. The van der Waals surface area contributed by atoms with Crippen LogP contribution in [0.15, 0.2) is 53.7 Å². The summed E-state index contributed by atoms with van der Waals surface area (Å²) in [5.41, 5.74) is 2.63. The third-order valence-electron chi connectivity index (χ3n) is 4.27. The Morgan fingerprint density at radius 2 is 1.83 bits per heavy atom. The van der Waals surface area contributed by atoms with E-state index in [1.54, 1.807) is 0 Å². The van der Waals surface area contributed by atoms with Gasteiger partial charge in [-0.3, -0.25) is 4.99 Å². The Labute approximate surface area is 163 Å². The quantitative estimate of drug-likeness (QED) is 0.438. The van der Waals surface area contributed by atoms with Crippen molar-refractivity contribution in [3.63, 3.8) is 0 Å². The minimum atomic E-state index is 0. The molecule has 0 saturated heterocycles. The van der Waals surface area contributed by atoms with Gasteiger partial charge < -0.3 is 14.8 Å². The fraction of sp³-hybridized carbons (Fsp3) is 0.421. The van der Waals surface area contributed by atoms with E-state index in [4.69, 9.17) is 0 Å². The average Bonchev–Trinajstić information content (AvgIpc) is 2.94. The molecular formula is C19H29IN4. The van der Waals surface area contributed by atoms with E-state index in [9.17, 15) is 0 Å². The molecule has 4 nitrogen and oxygen atoms in total. The van der Waals surface area contributed by atoms with Crippen molar-refractivity contribution in [2.45, 2.75) is 25.8 Å². The van der Waals surface area contributed by atoms with Crippen molar-refractivity contribution < 1.29 is 0 Å². The van der Waals surface area contributed by atoms with E-state index in [0.29, 0.717) is 0 Å². The second-order valence-corrected chi connectivity index (χ2v) is 6.62. The molecule has 0 saturated carbocycles. The van der Waals surface area contributed by atoms with Gasteiger partial charge in [0.15, 0.2) is 5.96 Å². The number of nitrogens with zero attached hydrogens (tertiary/aromatic N) is 3. The van der Waals surface area contributed by atoms with Gasteiger partial charge in [-0.25, -0.2) is 0 Å². The van der Waals surface area contributed by atoms with Gasteiger partial charge in [0.05, 0.1) is 6.54 Å². The van der Waals surface area contributed by atoms with E-state index in [-0.39, 0.29) is 29.4 Å². The number of aliphatic imine (C=N–C) groups is 1. The number of aromatic nitrogens is 1. The third-order valence-corrected chi connectivity index (χ3v) is 4.27. The molecule has 0 atom stereocenters. The Morgan fingerprint density at radius 3 is 2.38 bits per heavy atom. The van der Waals surface area contributed by atoms with Gasteiger partial charge in [-0.05, 0) is 17.7 Å². The molecule has 0 aliphatic heterocycles. The number of halogens is 1. The van der Waals surface area contributed by atoms with Crippen LogP contribution in [0.2, 0.25) is 0 Å². The topological polar surface area (TPSA) is 32.6 Å². The SMILES string of the molecule is CN=C(NCC(C)(C)c1ccccc1)N(C)Cc1cccn1C.I. The highest BCUT2D eigenvalue weighted by Crippen LogP contribution is 2.21. The molecule has 0 aliphatic rings. The lowest BCUT2D eigenvalue weighted by Gasteiger charge is -2.29. The van der Waals surface area contributed by atoms with Crippen LogP contribution in [-0.2, 0) is 19.0 Å². The Kier molecular flexibility index (Phi) is 7.79. The number of hydrogen-bond acceptors (Lipinski definition) is 1. The normalized spacial score (nSPS) is 11.8. The van der Waals surface area contributed by atoms with Gasteiger partial charge in [0, 0.05) is 45.0 Å². The standard InChI is InChI=1S/C19H28N4.HI/c1-19(2,16-10-7-6-8-11-16)15-21-18(20-3)23(5)14-17-12-9-13-22(17)4;/h6-13H,14-15H2,1-5H3,(H,20,21);1H. The van der Waals surface area contributed by atoms with Crippen molar-refractivity contribution in [2.75, 3.05) is 20.6 Å². The number of guanidine groups is 1. The summed E-state index contributed by atoms with van der Waals surface area (Å²) in [6.45, 7) is 6.16. The molecule has 0 fully saturated rings. The lowest BCUT2D eigenvalue weighted by atomic mass is 9.85. The second-order valence-electron chi connectivity index (χ2n) is 6.62. The largest absolute Gasteiger partial charge is 0.355 e. The fourth-order valence-corrected chi connectivity index (χ4v) is 2.65. The number of hydrogen-bond donors (Lipinski definition) is 1. The van der Waals surface area contributed by atoms with E-state index < -0.39 is 0 Å². The summed E-state index contributed by atoms with van der Waals surface area (Å²) in [5, 5.41) is 3.51. The highest BCUT2D eigenvalue weighted by Gasteiger charge is 2.21. The Balaban J connectivity index is 0.00000288. The Bertz CT molecular complexity index is 646. The molecule has 0 unspecified atom stereocenters. The van der Waals surface area contributed by atoms with E-state index >= 15 is 0 Å². The molecule has 0 spiro atoms. The second kappa shape index (κ2) is 9.11. The number of benzene rings is 1. The average molecular weight is 440 g/mol. The van der Waals surface area contributed by atoms with Crippen molar-refractivity contribution in [1.29, 1.82) is 0 Å². The Morgan fingerprint density at radius 1 is 1.17 bits per heavy atom. The maximum atomic E-state index is 4.42. The van der Waals surface area contributed by atoms with Crippen molar-refractivity contribution in [3.8, 4) is 0 Å². The van der Waals surface area contributed by atoms with Crippen LogP contribution in [-0.4, -0.2) is 36.1 Å². The number of nitrogens with one attached hydrogen (secondary N) is 1. The van der Waals surface area contributed by atoms with Crippen molar-refractivity contribution in [1.82, 2.24) is 14.8 Å². The molecule has 1 aromatic heterocycles. The van der Waals surface area contributed by atoms with E-state index in [0.717, 1.165) is 19.0 Å². The van der Waals surface area contributed by atoms with Gasteiger partial charge >= 0.3 is 0 Å². The van der Waals surface area contributed by atoms with Gasteiger partial charge in [0.2, 0.25) is 0 Å². The van der Waals surface area contributed by atoms with Crippen LogP contribution in [0.1, 0.15) is 25.1 Å². The molecule has 2 rings (SSSR count). The van der Waals surface area contributed by atoms with E-state index in [1.807, 2.05) is 7.05 Å². The summed E-state index contributed by atoms with van der Waals surface area (Å²) in [4.78, 5) is 6.57. The lowest BCUT2D eigenvalue weighted by Crippen LogP contribution is -2.44. The zero-order valence-electron chi connectivity index (χ0n) is 15.3. The molecular weight excluding hydrogens is 411 g/mol. The number of aryl methyl sites for hydroxylation is 1.